The fourth-order valence-corrected chi connectivity index (χ4v) is 2.15. The highest BCUT2D eigenvalue weighted by molar-refractivity contribution is 6.31. The number of nitrogens with two attached hydrogens (primary N) is 1. The average Bonchev–Trinajstić information content (AvgIpc) is 2.53. The van der Waals surface area contributed by atoms with Gasteiger partial charge in [0, 0.05) is 10.6 Å². The molecule has 4 nitrogen and oxygen atoms in total. The normalized spacial score (nSPS) is 10.3. The maximum Gasteiger partial charge on any atom is 0.252 e. The lowest BCUT2D eigenvalue weighted by Gasteiger charge is -2.09. The molecule has 0 aliphatic rings. The van der Waals surface area contributed by atoms with Crippen LogP contribution in [0.2, 0.25) is 5.02 Å². The number of ether oxygens (including phenoxy) is 1. The van der Waals surface area contributed by atoms with Crippen LogP contribution >= 0.6 is 11.6 Å². The predicted octanol–water partition coefficient (Wildman–Crippen LogP) is 3.26. The van der Waals surface area contributed by atoms with E-state index in [0.29, 0.717) is 10.6 Å². The number of benzene rings is 2. The third kappa shape index (κ3) is 3.86. The Morgan fingerprint density at radius 1 is 1.14 bits per heavy atom. The SMILES string of the molecule is CCc1ccc(C(=O)COc2ccc(Cl)cc2C(N)=O)cc1. The largest absolute Gasteiger partial charge is 0.485 e. The summed E-state index contributed by atoms with van der Waals surface area (Å²) in [4.78, 5) is 23.5. The van der Waals surface area contributed by atoms with Crippen LogP contribution in [0.1, 0.15) is 33.2 Å². The number of hydrogen-bond acceptors (Lipinski definition) is 3. The average molecular weight is 318 g/mol. The van der Waals surface area contributed by atoms with E-state index in [1.54, 1.807) is 18.2 Å². The maximum absolute atomic E-state index is 12.1. The van der Waals surface area contributed by atoms with Crippen molar-refractivity contribution in [3.05, 3.63) is 64.2 Å². The lowest BCUT2D eigenvalue weighted by Crippen LogP contribution is -2.16. The van der Waals surface area contributed by atoms with Crippen LogP contribution in [0.3, 0.4) is 0 Å². The van der Waals surface area contributed by atoms with Crippen molar-refractivity contribution in [1.29, 1.82) is 0 Å². The number of ketones is 1. The summed E-state index contributed by atoms with van der Waals surface area (Å²) in [6, 6.07) is 11.9. The van der Waals surface area contributed by atoms with Gasteiger partial charge in [-0.1, -0.05) is 42.8 Å². The van der Waals surface area contributed by atoms with Gasteiger partial charge in [-0.2, -0.15) is 0 Å². The van der Waals surface area contributed by atoms with E-state index in [2.05, 4.69) is 0 Å². The third-order valence-electron chi connectivity index (χ3n) is 3.25. The minimum absolute atomic E-state index is 0.154. The van der Waals surface area contributed by atoms with Gasteiger partial charge in [0.25, 0.3) is 5.91 Å². The summed E-state index contributed by atoms with van der Waals surface area (Å²) in [6.45, 7) is 1.87. The fourth-order valence-electron chi connectivity index (χ4n) is 1.97. The van der Waals surface area contributed by atoms with Crippen LogP contribution < -0.4 is 10.5 Å². The van der Waals surface area contributed by atoms with E-state index >= 15 is 0 Å². The molecule has 0 spiro atoms. The van der Waals surface area contributed by atoms with Gasteiger partial charge in [0.1, 0.15) is 5.75 Å². The second kappa shape index (κ2) is 7.09. The predicted molar refractivity (Wildman–Crippen MR) is 85.6 cm³/mol. The lowest BCUT2D eigenvalue weighted by molar-refractivity contribution is 0.0912. The number of Topliss-reactive ketones (excluding diaryl/α,β-unsaturated/α-hetero) is 1. The Kier molecular flexibility index (Phi) is 5.17. The van der Waals surface area contributed by atoms with Crippen LogP contribution in [0.15, 0.2) is 42.5 Å². The smallest absolute Gasteiger partial charge is 0.252 e. The van der Waals surface area contributed by atoms with Crippen LogP contribution in [-0.4, -0.2) is 18.3 Å². The highest BCUT2D eigenvalue weighted by Gasteiger charge is 2.13. The highest BCUT2D eigenvalue weighted by Crippen LogP contribution is 2.22. The van der Waals surface area contributed by atoms with Crippen LogP contribution in [0, 0.1) is 0 Å². The van der Waals surface area contributed by atoms with E-state index in [1.807, 2.05) is 19.1 Å². The molecule has 22 heavy (non-hydrogen) atoms. The Bertz CT molecular complexity index is 696. The van der Waals surface area contributed by atoms with Crippen LogP contribution in [0.25, 0.3) is 0 Å². The summed E-state index contributed by atoms with van der Waals surface area (Å²) in [7, 11) is 0. The summed E-state index contributed by atoms with van der Waals surface area (Å²) >= 11 is 5.82. The molecule has 0 saturated carbocycles. The number of halogens is 1. The molecule has 0 radical (unpaired) electrons. The fraction of sp³-hybridized carbons (Fsp3) is 0.176. The molecule has 0 fully saturated rings. The topological polar surface area (TPSA) is 69.4 Å². The first-order valence-electron chi connectivity index (χ1n) is 6.85. The van der Waals surface area contributed by atoms with Crippen molar-refractivity contribution < 1.29 is 14.3 Å². The lowest BCUT2D eigenvalue weighted by atomic mass is 10.1. The Labute approximate surface area is 133 Å². The van der Waals surface area contributed by atoms with E-state index < -0.39 is 5.91 Å². The van der Waals surface area contributed by atoms with Gasteiger partial charge in [0.05, 0.1) is 5.56 Å². The van der Waals surface area contributed by atoms with Gasteiger partial charge in [-0.15, -0.1) is 0 Å². The molecule has 1 amide bonds. The Morgan fingerprint density at radius 2 is 1.82 bits per heavy atom. The van der Waals surface area contributed by atoms with Crippen molar-refractivity contribution in [2.75, 3.05) is 6.61 Å². The monoisotopic (exact) mass is 317 g/mol. The number of amides is 1. The van der Waals surface area contributed by atoms with Crippen LogP contribution in [0.5, 0.6) is 5.75 Å². The molecule has 0 heterocycles. The summed E-state index contributed by atoms with van der Waals surface area (Å²) in [5.74, 6) is -0.583. The van der Waals surface area contributed by atoms with Crippen molar-refractivity contribution in [2.24, 2.45) is 5.73 Å². The van der Waals surface area contributed by atoms with Gasteiger partial charge < -0.3 is 10.5 Å². The van der Waals surface area contributed by atoms with Crippen molar-refractivity contribution >= 4 is 23.3 Å². The molecule has 0 bridgehead atoms. The molecule has 114 valence electrons. The van der Waals surface area contributed by atoms with E-state index in [4.69, 9.17) is 22.1 Å². The van der Waals surface area contributed by atoms with Gasteiger partial charge in [-0.25, -0.2) is 0 Å². The quantitative estimate of drug-likeness (QED) is 0.831. The molecule has 2 aromatic carbocycles. The first-order chi connectivity index (χ1) is 10.5. The van der Waals surface area contributed by atoms with Gasteiger partial charge in [-0.3, -0.25) is 9.59 Å². The molecule has 0 aliphatic carbocycles. The summed E-state index contributed by atoms with van der Waals surface area (Å²) in [6.07, 6.45) is 0.914. The van der Waals surface area contributed by atoms with Crippen molar-refractivity contribution in [1.82, 2.24) is 0 Å². The zero-order chi connectivity index (χ0) is 16.1. The number of carbonyl (C=O) groups excluding carboxylic acids is 2. The summed E-state index contributed by atoms with van der Waals surface area (Å²) in [5, 5.41) is 0.377. The Morgan fingerprint density at radius 3 is 2.41 bits per heavy atom. The Hall–Kier alpha value is -2.33. The molecular formula is C17H16ClNO3. The number of hydrogen-bond donors (Lipinski definition) is 1. The van der Waals surface area contributed by atoms with Gasteiger partial charge in [0.2, 0.25) is 0 Å². The first-order valence-corrected chi connectivity index (χ1v) is 7.23. The van der Waals surface area contributed by atoms with Crippen molar-refractivity contribution in [3.8, 4) is 5.75 Å². The van der Waals surface area contributed by atoms with Crippen LogP contribution in [-0.2, 0) is 6.42 Å². The van der Waals surface area contributed by atoms with Crippen LogP contribution in [0.4, 0.5) is 0 Å². The van der Waals surface area contributed by atoms with Crippen molar-refractivity contribution in [3.63, 3.8) is 0 Å². The first kappa shape index (κ1) is 16.0. The Balaban J connectivity index is 2.09. The molecular weight excluding hydrogens is 302 g/mol. The second-order valence-electron chi connectivity index (χ2n) is 4.77. The maximum atomic E-state index is 12.1. The van der Waals surface area contributed by atoms with E-state index in [0.717, 1.165) is 12.0 Å². The zero-order valence-corrected chi connectivity index (χ0v) is 12.9. The number of primary amides is 1. The number of carbonyl (C=O) groups is 2. The standard InChI is InChI=1S/C17H16ClNO3/c1-2-11-3-5-12(6-4-11)15(20)10-22-16-8-7-13(18)9-14(16)17(19)21/h3-9H,2,10H2,1H3,(H2,19,21). The molecule has 0 unspecified atom stereocenters. The third-order valence-corrected chi connectivity index (χ3v) is 3.49. The summed E-state index contributed by atoms with van der Waals surface area (Å²) < 4.78 is 5.42. The minimum atomic E-state index is -0.655. The van der Waals surface area contributed by atoms with E-state index in [1.165, 1.54) is 12.1 Å². The molecule has 0 saturated heterocycles. The highest BCUT2D eigenvalue weighted by atomic mass is 35.5. The van der Waals surface area contributed by atoms with Gasteiger partial charge in [0.15, 0.2) is 12.4 Å². The number of aryl methyl sites for hydroxylation is 1. The van der Waals surface area contributed by atoms with Crippen molar-refractivity contribution in [2.45, 2.75) is 13.3 Å². The molecule has 0 atom stereocenters. The molecule has 2 N–H and O–H groups in total. The molecule has 0 aliphatic heterocycles. The summed E-state index contributed by atoms with van der Waals surface area (Å²) in [5.41, 5.74) is 7.15. The zero-order valence-electron chi connectivity index (χ0n) is 12.1. The number of rotatable bonds is 6. The molecule has 0 aromatic heterocycles. The second-order valence-corrected chi connectivity index (χ2v) is 5.20. The van der Waals surface area contributed by atoms with Gasteiger partial charge in [-0.05, 0) is 30.2 Å². The van der Waals surface area contributed by atoms with Gasteiger partial charge >= 0.3 is 0 Å². The minimum Gasteiger partial charge on any atom is -0.485 e. The molecule has 2 rings (SSSR count). The van der Waals surface area contributed by atoms with E-state index in [-0.39, 0.29) is 23.7 Å². The molecule has 2 aromatic rings. The van der Waals surface area contributed by atoms with E-state index in [9.17, 15) is 9.59 Å². The molecule has 5 heteroatoms.